The molecule has 0 aliphatic rings. The topological polar surface area (TPSA) is 41.1 Å². The average molecular weight is 241 g/mol. The number of benzene rings is 1. The molecule has 0 saturated heterocycles. The van der Waals surface area contributed by atoms with Crippen LogP contribution in [-0.4, -0.2) is 19.5 Å². The van der Waals surface area contributed by atoms with Crippen LogP contribution in [-0.2, 0) is 4.79 Å². The van der Waals surface area contributed by atoms with Gasteiger partial charge >= 0.3 is 0 Å². The number of rotatable bonds is 5. The van der Waals surface area contributed by atoms with Crippen LogP contribution in [0, 0.1) is 0 Å². The summed E-state index contributed by atoms with van der Waals surface area (Å²) < 4.78 is 0. The molecule has 0 aliphatic carbocycles. The van der Waals surface area contributed by atoms with Crippen molar-refractivity contribution in [3.63, 3.8) is 0 Å². The van der Waals surface area contributed by atoms with E-state index in [-0.39, 0.29) is 11.9 Å². The van der Waals surface area contributed by atoms with Crippen LogP contribution in [0.2, 0.25) is 5.02 Å². The summed E-state index contributed by atoms with van der Waals surface area (Å²) in [6.07, 6.45) is 0.477. The zero-order valence-corrected chi connectivity index (χ0v) is 10.3. The van der Waals surface area contributed by atoms with Crippen molar-refractivity contribution in [2.75, 3.05) is 13.6 Å². The minimum absolute atomic E-state index is 0.0406. The maximum atomic E-state index is 11.0. The van der Waals surface area contributed by atoms with Crippen LogP contribution in [0.3, 0.4) is 0 Å². The Balaban J connectivity index is 2.44. The van der Waals surface area contributed by atoms with Gasteiger partial charge in [-0.25, -0.2) is 0 Å². The number of halogens is 1. The molecule has 1 amide bonds. The molecular weight excluding hydrogens is 224 g/mol. The second-order valence-electron chi connectivity index (χ2n) is 3.62. The van der Waals surface area contributed by atoms with Crippen LogP contribution < -0.4 is 10.6 Å². The molecule has 0 fully saturated rings. The van der Waals surface area contributed by atoms with E-state index in [1.807, 2.05) is 31.2 Å². The van der Waals surface area contributed by atoms with Crippen molar-refractivity contribution in [1.29, 1.82) is 0 Å². The van der Waals surface area contributed by atoms with E-state index in [0.29, 0.717) is 13.0 Å². The largest absolute Gasteiger partial charge is 0.359 e. The van der Waals surface area contributed by atoms with E-state index in [1.165, 1.54) is 0 Å². The van der Waals surface area contributed by atoms with Gasteiger partial charge < -0.3 is 10.6 Å². The van der Waals surface area contributed by atoms with Crippen LogP contribution in [0.4, 0.5) is 0 Å². The van der Waals surface area contributed by atoms with Crippen molar-refractivity contribution in [2.45, 2.75) is 19.4 Å². The number of nitrogens with one attached hydrogen (secondary N) is 2. The van der Waals surface area contributed by atoms with Crippen molar-refractivity contribution in [1.82, 2.24) is 10.6 Å². The Morgan fingerprint density at radius 2 is 2.12 bits per heavy atom. The minimum Gasteiger partial charge on any atom is -0.359 e. The predicted molar refractivity (Wildman–Crippen MR) is 66.6 cm³/mol. The fourth-order valence-corrected chi connectivity index (χ4v) is 1.76. The van der Waals surface area contributed by atoms with E-state index in [1.54, 1.807) is 7.05 Å². The molecule has 1 aromatic carbocycles. The summed E-state index contributed by atoms with van der Waals surface area (Å²) in [6, 6.07) is 7.87. The molecule has 16 heavy (non-hydrogen) atoms. The van der Waals surface area contributed by atoms with Gasteiger partial charge in [-0.15, -0.1) is 0 Å². The van der Waals surface area contributed by atoms with Gasteiger partial charge in [0, 0.05) is 31.1 Å². The summed E-state index contributed by atoms with van der Waals surface area (Å²) in [6.45, 7) is 2.68. The summed E-state index contributed by atoms with van der Waals surface area (Å²) in [5.74, 6) is 0.0406. The molecule has 3 nitrogen and oxygen atoms in total. The average Bonchev–Trinajstić information content (AvgIpc) is 2.29. The van der Waals surface area contributed by atoms with Gasteiger partial charge in [0.15, 0.2) is 0 Å². The van der Waals surface area contributed by atoms with Crippen molar-refractivity contribution in [3.8, 4) is 0 Å². The highest BCUT2D eigenvalue weighted by molar-refractivity contribution is 6.31. The predicted octanol–water partition coefficient (Wildman–Crippen LogP) is 2.13. The highest BCUT2D eigenvalue weighted by Crippen LogP contribution is 2.21. The Morgan fingerprint density at radius 1 is 1.44 bits per heavy atom. The summed E-state index contributed by atoms with van der Waals surface area (Å²) in [4.78, 5) is 11.0. The van der Waals surface area contributed by atoms with E-state index in [2.05, 4.69) is 10.6 Å². The molecule has 0 aliphatic heterocycles. The Labute approximate surface area is 101 Å². The van der Waals surface area contributed by atoms with Crippen molar-refractivity contribution in [2.24, 2.45) is 0 Å². The monoisotopic (exact) mass is 240 g/mol. The third-order valence-corrected chi connectivity index (χ3v) is 2.80. The molecule has 1 aromatic rings. The van der Waals surface area contributed by atoms with Gasteiger partial charge in [0.25, 0.3) is 0 Å². The molecule has 0 unspecified atom stereocenters. The van der Waals surface area contributed by atoms with Crippen LogP contribution >= 0.6 is 11.6 Å². The van der Waals surface area contributed by atoms with Gasteiger partial charge in [-0.1, -0.05) is 29.8 Å². The Hall–Kier alpha value is -1.06. The number of hydrogen-bond donors (Lipinski definition) is 2. The van der Waals surface area contributed by atoms with Crippen LogP contribution in [0.25, 0.3) is 0 Å². The van der Waals surface area contributed by atoms with Crippen LogP contribution in [0.15, 0.2) is 24.3 Å². The lowest BCUT2D eigenvalue weighted by molar-refractivity contribution is -0.120. The zero-order chi connectivity index (χ0) is 12.0. The molecule has 0 saturated carbocycles. The van der Waals surface area contributed by atoms with Gasteiger partial charge in [-0.05, 0) is 18.6 Å². The maximum absolute atomic E-state index is 11.0. The first-order valence-electron chi connectivity index (χ1n) is 5.33. The molecule has 0 radical (unpaired) electrons. The lowest BCUT2D eigenvalue weighted by atomic mass is 10.1. The number of amides is 1. The lowest BCUT2D eigenvalue weighted by Crippen LogP contribution is -2.26. The molecule has 1 atom stereocenters. The molecule has 1 rings (SSSR count). The summed E-state index contributed by atoms with van der Waals surface area (Å²) in [5.41, 5.74) is 1.06. The first-order chi connectivity index (χ1) is 7.65. The van der Waals surface area contributed by atoms with Gasteiger partial charge in [-0.2, -0.15) is 0 Å². The molecule has 0 heterocycles. The third kappa shape index (κ3) is 3.83. The first-order valence-corrected chi connectivity index (χ1v) is 5.71. The smallest absolute Gasteiger partial charge is 0.221 e. The van der Waals surface area contributed by atoms with E-state index in [0.717, 1.165) is 10.6 Å². The Morgan fingerprint density at radius 3 is 2.75 bits per heavy atom. The normalized spacial score (nSPS) is 12.2. The van der Waals surface area contributed by atoms with Crippen LogP contribution in [0.1, 0.15) is 24.9 Å². The third-order valence-electron chi connectivity index (χ3n) is 2.45. The number of hydrogen-bond acceptors (Lipinski definition) is 2. The molecule has 4 heteroatoms. The summed E-state index contributed by atoms with van der Waals surface area (Å²) in [5, 5.41) is 6.60. The van der Waals surface area contributed by atoms with E-state index in [4.69, 9.17) is 11.6 Å². The molecular formula is C12H17ClN2O. The van der Waals surface area contributed by atoms with Gasteiger partial charge in [0.2, 0.25) is 5.91 Å². The number of carbonyl (C=O) groups is 1. The van der Waals surface area contributed by atoms with E-state index >= 15 is 0 Å². The second-order valence-corrected chi connectivity index (χ2v) is 4.03. The molecule has 88 valence electrons. The maximum Gasteiger partial charge on any atom is 0.221 e. The van der Waals surface area contributed by atoms with Gasteiger partial charge in [0.1, 0.15) is 0 Å². The fraction of sp³-hybridized carbons (Fsp3) is 0.417. The summed E-state index contributed by atoms with van der Waals surface area (Å²) >= 11 is 6.07. The van der Waals surface area contributed by atoms with Gasteiger partial charge in [-0.3, -0.25) is 4.79 Å². The second kappa shape index (κ2) is 6.51. The van der Waals surface area contributed by atoms with Gasteiger partial charge in [0.05, 0.1) is 0 Å². The Kier molecular flexibility index (Phi) is 5.29. The first kappa shape index (κ1) is 13.0. The molecule has 0 aromatic heterocycles. The highest BCUT2D eigenvalue weighted by atomic mass is 35.5. The van der Waals surface area contributed by atoms with Crippen LogP contribution in [0.5, 0.6) is 0 Å². The number of carbonyl (C=O) groups excluding carboxylic acids is 1. The highest BCUT2D eigenvalue weighted by Gasteiger charge is 2.08. The lowest BCUT2D eigenvalue weighted by Gasteiger charge is -2.15. The zero-order valence-electron chi connectivity index (χ0n) is 9.59. The standard InChI is InChI=1S/C12H17ClN2O/c1-9(15-8-7-12(16)14-2)10-5-3-4-6-11(10)13/h3-6,9,15H,7-8H2,1-2H3,(H,14,16)/t9-/m1/s1. The SMILES string of the molecule is CNC(=O)CCN[C@H](C)c1ccccc1Cl. The fourth-order valence-electron chi connectivity index (χ4n) is 1.46. The van der Waals surface area contributed by atoms with Crippen molar-refractivity contribution >= 4 is 17.5 Å². The quantitative estimate of drug-likeness (QED) is 0.828. The minimum atomic E-state index is 0.0406. The van der Waals surface area contributed by atoms with E-state index < -0.39 is 0 Å². The molecule has 0 spiro atoms. The Bertz CT molecular complexity index is 355. The van der Waals surface area contributed by atoms with E-state index in [9.17, 15) is 4.79 Å². The summed E-state index contributed by atoms with van der Waals surface area (Å²) in [7, 11) is 1.64. The molecule has 2 N–H and O–H groups in total. The molecule has 0 bridgehead atoms. The van der Waals surface area contributed by atoms with Crippen molar-refractivity contribution in [3.05, 3.63) is 34.9 Å². The van der Waals surface area contributed by atoms with Crippen molar-refractivity contribution < 1.29 is 4.79 Å².